The number of methoxy groups -OCH3 is 1. The molecule has 1 saturated carbocycles. The number of halogens is 1. The normalized spacial score (nSPS) is 18.1. The van der Waals surface area contributed by atoms with Gasteiger partial charge in [0.25, 0.3) is 17.7 Å². The highest BCUT2D eigenvalue weighted by molar-refractivity contribution is 6.23. The molecule has 5 aliphatic rings. The van der Waals surface area contributed by atoms with Gasteiger partial charge >= 0.3 is 0 Å². The van der Waals surface area contributed by atoms with Crippen LogP contribution in [0, 0.1) is 11.2 Å². The number of hydrogen-bond acceptors (Lipinski definition) is 16. The molecule has 4 fully saturated rings. The Balaban J connectivity index is 0.609. The number of carbonyl (C=O) groups is 6. The number of nitrogens with zero attached hydrogens (tertiary/aromatic N) is 9. The molecule has 22 heteroatoms. The summed E-state index contributed by atoms with van der Waals surface area (Å²) in [6, 6.07) is 22.5. The molecule has 6 heterocycles. The largest absolute Gasteiger partial charge is 0.495 e. The number of pyridine rings is 1. The molecule has 3 saturated heterocycles. The van der Waals surface area contributed by atoms with Gasteiger partial charge in [-0.1, -0.05) is 0 Å². The van der Waals surface area contributed by atoms with Crippen molar-refractivity contribution in [2.75, 3.05) is 105 Å². The van der Waals surface area contributed by atoms with E-state index in [1.165, 1.54) is 30.5 Å². The smallest absolute Gasteiger partial charge is 0.276 e. The van der Waals surface area contributed by atoms with Crippen molar-refractivity contribution in [3.8, 4) is 17.2 Å². The third-order valence-corrected chi connectivity index (χ3v) is 15.1. The molecule has 78 heavy (non-hydrogen) atoms. The number of amides is 6. The number of aromatic nitrogens is 4. The Kier molecular flexibility index (Phi) is 14.5. The van der Waals surface area contributed by atoms with Crippen LogP contribution >= 0.6 is 0 Å². The number of ether oxygens (including phenoxy) is 2. The minimum atomic E-state index is -1.19. The third kappa shape index (κ3) is 10.7. The van der Waals surface area contributed by atoms with Gasteiger partial charge in [0, 0.05) is 94.1 Å². The Morgan fingerprint density at radius 3 is 2.14 bits per heavy atom. The Bertz CT molecular complexity index is 3270. The van der Waals surface area contributed by atoms with Crippen molar-refractivity contribution in [1.82, 2.24) is 40.2 Å². The number of piperidine rings is 1. The highest BCUT2D eigenvalue weighted by Crippen LogP contribution is 2.48. The molecule has 21 nitrogen and oxygen atoms in total. The molecule has 2 aromatic heterocycles. The van der Waals surface area contributed by atoms with Crippen molar-refractivity contribution in [2.24, 2.45) is 5.41 Å². The number of piperazine rings is 2. The van der Waals surface area contributed by atoms with E-state index < -0.39 is 40.9 Å². The van der Waals surface area contributed by atoms with Crippen molar-refractivity contribution in [1.29, 1.82) is 0 Å². The molecule has 0 spiro atoms. The van der Waals surface area contributed by atoms with Crippen LogP contribution < -0.4 is 40.5 Å². The highest BCUT2D eigenvalue weighted by atomic mass is 19.1. The van der Waals surface area contributed by atoms with E-state index in [4.69, 9.17) is 9.47 Å². The molecule has 6 aromatic rings. The third-order valence-electron chi connectivity index (χ3n) is 15.1. The summed E-state index contributed by atoms with van der Waals surface area (Å²) in [5.74, 6) is -0.583. The van der Waals surface area contributed by atoms with Crippen LogP contribution in [0.5, 0.6) is 17.2 Å². The summed E-state index contributed by atoms with van der Waals surface area (Å²) in [5.41, 5.74) is 3.00. The first-order valence-electron chi connectivity index (χ1n) is 26.3. The molecule has 4 N–H and O–H groups in total. The van der Waals surface area contributed by atoms with Crippen molar-refractivity contribution in [3.63, 3.8) is 0 Å². The Labute approximate surface area is 448 Å². The van der Waals surface area contributed by atoms with Gasteiger partial charge in [-0.25, -0.2) is 9.37 Å². The second kappa shape index (κ2) is 22.0. The van der Waals surface area contributed by atoms with Gasteiger partial charge in [0.2, 0.25) is 23.7 Å². The summed E-state index contributed by atoms with van der Waals surface area (Å²) in [6.45, 7) is 7.34. The first-order valence-corrected chi connectivity index (χ1v) is 26.3. The molecule has 1 unspecified atom stereocenters. The van der Waals surface area contributed by atoms with Crippen molar-refractivity contribution in [2.45, 2.75) is 44.6 Å². The highest BCUT2D eigenvalue weighted by Gasteiger charge is 2.56. The van der Waals surface area contributed by atoms with Crippen molar-refractivity contribution in [3.05, 3.63) is 120 Å². The lowest BCUT2D eigenvalue weighted by atomic mass is 10.0. The predicted molar refractivity (Wildman–Crippen MR) is 287 cm³/mol. The number of anilines is 5. The van der Waals surface area contributed by atoms with E-state index >= 15 is 0 Å². The SMILES string of the molecule is COc1cc2c(Oc3ccc(NC(=O)C4(C(=O)Nc5ccc(F)cc5)CC4)cc3)ccnc2cc1N1CCN(C(=O)c2cnc(NCCCCN3CCN(c4ccc5c(c4)C(=O)N(C4CCCNC4=O)C5=O)CC3)nn2)CC1. The van der Waals surface area contributed by atoms with Crippen LogP contribution in [0.25, 0.3) is 10.9 Å². The average molecular weight is 1060 g/mol. The molecule has 6 amide bonds. The van der Waals surface area contributed by atoms with E-state index in [1.54, 1.807) is 60.7 Å². The molecular formula is C56H58FN13O8. The average Bonchev–Trinajstić information content (AvgIpc) is 4.28. The molecule has 402 valence electrons. The van der Waals surface area contributed by atoms with Gasteiger partial charge in [0.05, 0.1) is 35.6 Å². The maximum atomic E-state index is 13.5. The van der Waals surface area contributed by atoms with E-state index in [9.17, 15) is 33.2 Å². The first kappa shape index (κ1) is 51.3. The zero-order valence-corrected chi connectivity index (χ0v) is 43.0. The summed E-state index contributed by atoms with van der Waals surface area (Å²) in [6.07, 6.45) is 6.96. The molecular weight excluding hydrogens is 1000 g/mol. The van der Waals surface area contributed by atoms with Gasteiger partial charge in [-0.15, -0.1) is 10.2 Å². The Morgan fingerprint density at radius 2 is 1.46 bits per heavy atom. The minimum absolute atomic E-state index is 0.165. The van der Waals surface area contributed by atoms with Crippen LogP contribution in [-0.4, -0.2) is 155 Å². The summed E-state index contributed by atoms with van der Waals surface area (Å²) in [5, 5.41) is 20.7. The lowest BCUT2D eigenvalue weighted by Crippen LogP contribution is -2.52. The quantitative estimate of drug-likeness (QED) is 0.0497. The van der Waals surface area contributed by atoms with Crippen LogP contribution in [-0.2, 0) is 14.4 Å². The van der Waals surface area contributed by atoms with Gasteiger partial charge < -0.3 is 45.4 Å². The lowest BCUT2D eigenvalue weighted by molar-refractivity contribution is -0.131. The monoisotopic (exact) mass is 1060 g/mol. The van der Waals surface area contributed by atoms with Crippen LogP contribution in [0.3, 0.4) is 0 Å². The Morgan fingerprint density at radius 1 is 0.756 bits per heavy atom. The fraction of sp³-hybridized carbons (Fsp3) is 0.357. The number of unbranched alkanes of at least 4 members (excludes halogenated alkanes) is 1. The molecule has 4 aliphatic heterocycles. The van der Waals surface area contributed by atoms with E-state index in [0.717, 1.165) is 73.6 Å². The standard InChI is InChI=1S/C56H58FN13O8/c1-77-48-32-42-43(58-21-16-47(42)78-39-13-10-37(11-14-39)63-54(76)56(17-18-56)53(75)62-36-8-6-35(57)7-9-36)33-46(48)68-27-29-69(30-28-68)52(74)44-34-61-55(65-64-44)60-19-2-3-22-66-23-25-67(26-24-66)38-12-15-40-41(31-38)51(73)70(50(40)72)45-5-4-20-59-49(45)71/h6-16,21,31-34,45H,2-5,17-20,22-30H2,1H3,(H,59,71)(H,62,75)(H,63,76)(H,60,61,65). The minimum Gasteiger partial charge on any atom is -0.495 e. The van der Waals surface area contributed by atoms with Crippen LogP contribution in [0.1, 0.15) is 69.7 Å². The topological polar surface area (TPSA) is 237 Å². The number of nitrogens with one attached hydrogen (secondary N) is 4. The predicted octanol–water partition coefficient (Wildman–Crippen LogP) is 5.57. The molecule has 4 aromatic carbocycles. The van der Waals surface area contributed by atoms with E-state index in [2.05, 4.69) is 56.1 Å². The fourth-order valence-electron chi connectivity index (χ4n) is 10.5. The van der Waals surface area contributed by atoms with Gasteiger partial charge in [0.15, 0.2) is 5.69 Å². The molecule has 0 bridgehead atoms. The van der Waals surface area contributed by atoms with E-state index in [0.29, 0.717) is 110 Å². The van der Waals surface area contributed by atoms with Crippen molar-refractivity contribution >= 4 is 75.0 Å². The number of rotatable bonds is 17. The molecule has 11 rings (SSSR count). The fourth-order valence-corrected chi connectivity index (χ4v) is 10.5. The second-order valence-corrected chi connectivity index (χ2v) is 20.0. The van der Waals surface area contributed by atoms with Gasteiger partial charge in [0.1, 0.15) is 34.5 Å². The van der Waals surface area contributed by atoms with Gasteiger partial charge in [-0.3, -0.25) is 43.6 Å². The van der Waals surface area contributed by atoms with Gasteiger partial charge in [-0.2, -0.15) is 0 Å². The zero-order chi connectivity index (χ0) is 53.9. The number of imide groups is 1. The second-order valence-electron chi connectivity index (χ2n) is 20.0. The summed E-state index contributed by atoms with van der Waals surface area (Å²) in [4.78, 5) is 97.4. The molecule has 0 radical (unpaired) electrons. The summed E-state index contributed by atoms with van der Waals surface area (Å²) < 4.78 is 25.5. The zero-order valence-electron chi connectivity index (χ0n) is 43.0. The number of hydrogen-bond donors (Lipinski definition) is 4. The lowest BCUT2D eigenvalue weighted by Gasteiger charge is -2.36. The summed E-state index contributed by atoms with van der Waals surface area (Å²) >= 11 is 0. The number of carbonyl (C=O) groups excluding carboxylic acids is 6. The van der Waals surface area contributed by atoms with Crippen molar-refractivity contribution < 1.29 is 42.6 Å². The van der Waals surface area contributed by atoms with Crippen LogP contribution in [0.15, 0.2) is 97.3 Å². The number of fused-ring (bicyclic) bond motifs is 2. The number of benzene rings is 4. The van der Waals surface area contributed by atoms with E-state index in [-0.39, 0.29) is 17.5 Å². The van der Waals surface area contributed by atoms with Crippen LogP contribution in [0.4, 0.5) is 33.1 Å². The molecule has 1 aliphatic carbocycles. The molecule has 1 atom stereocenters. The van der Waals surface area contributed by atoms with Crippen LogP contribution in [0.2, 0.25) is 0 Å². The van der Waals surface area contributed by atoms with E-state index in [1.807, 2.05) is 18.2 Å². The first-order chi connectivity index (χ1) is 37.9. The Hall–Kier alpha value is -8.79. The summed E-state index contributed by atoms with van der Waals surface area (Å²) in [7, 11) is 1.60. The van der Waals surface area contributed by atoms with Gasteiger partial charge in [-0.05, 0) is 130 Å². The maximum Gasteiger partial charge on any atom is 0.276 e. The maximum absolute atomic E-state index is 13.5.